The first-order valence-electron chi connectivity index (χ1n) is 13.9. The van der Waals surface area contributed by atoms with Gasteiger partial charge >= 0.3 is 0 Å². The van der Waals surface area contributed by atoms with Crippen molar-refractivity contribution in [3.63, 3.8) is 0 Å². The van der Waals surface area contributed by atoms with Gasteiger partial charge in [-0.05, 0) is 24.3 Å². The number of ether oxygens (including phenoxy) is 2. The van der Waals surface area contributed by atoms with Gasteiger partial charge in [0.2, 0.25) is 0 Å². The van der Waals surface area contributed by atoms with E-state index < -0.39 is 84.4 Å². The molecule has 0 bridgehead atoms. The number of nitrogens with zero attached hydrogens (tertiary/aromatic N) is 6. The van der Waals surface area contributed by atoms with E-state index in [0.29, 0.717) is 11.1 Å². The fraction of sp³-hybridized carbons (Fsp3) is 0.429. The zero-order valence-electron chi connectivity index (χ0n) is 23.3. The van der Waals surface area contributed by atoms with E-state index >= 15 is 0 Å². The Bertz CT molecular complexity index is 1500. The Labute approximate surface area is 258 Å². The Kier molecular flexibility index (Phi) is 9.23. The minimum absolute atomic E-state index is 0.268. The molecule has 17 heteroatoms. The van der Waals surface area contributed by atoms with Crippen LogP contribution in [0.1, 0.15) is 12.1 Å². The Morgan fingerprint density at radius 3 is 1.47 bits per heavy atom. The Morgan fingerprint density at radius 2 is 1.09 bits per heavy atom. The number of hydrogen-bond donors (Lipinski definition) is 6. The van der Waals surface area contributed by atoms with Crippen LogP contribution in [0, 0.1) is 11.6 Å². The second kappa shape index (κ2) is 13.1. The molecule has 14 nitrogen and oxygen atoms in total. The molecular formula is C28H30F2N6O8S. The molecule has 2 aliphatic rings. The molecule has 0 aliphatic carbocycles. The predicted octanol–water partition coefficient (Wildman–Crippen LogP) is -0.125. The highest BCUT2D eigenvalue weighted by Crippen LogP contribution is 2.42. The van der Waals surface area contributed by atoms with Crippen molar-refractivity contribution in [3.8, 4) is 22.5 Å². The summed E-state index contributed by atoms with van der Waals surface area (Å²) in [4.78, 5) is 0. The molecule has 6 N–H and O–H groups in total. The van der Waals surface area contributed by atoms with Crippen molar-refractivity contribution in [2.24, 2.45) is 0 Å². The fourth-order valence-electron chi connectivity index (χ4n) is 5.52. The van der Waals surface area contributed by atoms with Gasteiger partial charge in [0.25, 0.3) is 0 Å². The molecular weight excluding hydrogens is 618 g/mol. The highest BCUT2D eigenvalue weighted by atomic mass is 32.2. The van der Waals surface area contributed by atoms with Gasteiger partial charge in [0.05, 0.1) is 25.6 Å². The van der Waals surface area contributed by atoms with Crippen molar-refractivity contribution in [2.45, 2.75) is 59.6 Å². The van der Waals surface area contributed by atoms with Crippen LogP contribution in [0.3, 0.4) is 0 Å². The maximum absolute atomic E-state index is 13.8. The highest BCUT2D eigenvalue weighted by Gasteiger charge is 2.51. The molecule has 2 aromatic carbocycles. The average Bonchev–Trinajstić information content (AvgIpc) is 3.71. The summed E-state index contributed by atoms with van der Waals surface area (Å²) in [7, 11) is 0. The number of thioether (sulfide) groups is 1. The van der Waals surface area contributed by atoms with Gasteiger partial charge in [-0.3, -0.25) is 0 Å². The molecule has 0 unspecified atom stereocenters. The summed E-state index contributed by atoms with van der Waals surface area (Å²) < 4.78 is 41.5. The zero-order chi connectivity index (χ0) is 31.8. The molecule has 240 valence electrons. The Hall–Kier alpha value is -3.39. The number of rotatable bonds is 8. The predicted molar refractivity (Wildman–Crippen MR) is 152 cm³/mol. The summed E-state index contributed by atoms with van der Waals surface area (Å²) in [6.07, 6.45) is -5.48. The van der Waals surface area contributed by atoms with Crippen molar-refractivity contribution in [1.82, 2.24) is 30.0 Å². The lowest BCUT2D eigenvalue weighted by Crippen LogP contribution is -2.58. The van der Waals surface area contributed by atoms with Crippen molar-refractivity contribution in [2.75, 3.05) is 13.2 Å². The quantitative estimate of drug-likeness (QED) is 0.148. The van der Waals surface area contributed by atoms with Crippen molar-refractivity contribution >= 4 is 11.8 Å². The number of halogens is 2. The lowest BCUT2D eigenvalue weighted by molar-refractivity contribution is -0.189. The van der Waals surface area contributed by atoms with Crippen LogP contribution in [0.5, 0.6) is 0 Å². The topological polar surface area (TPSA) is 201 Å². The van der Waals surface area contributed by atoms with Crippen molar-refractivity contribution in [3.05, 3.63) is 72.6 Å². The molecule has 0 radical (unpaired) electrons. The molecule has 0 saturated carbocycles. The highest BCUT2D eigenvalue weighted by molar-refractivity contribution is 8.00. The lowest BCUT2D eigenvalue weighted by Gasteiger charge is -2.46. The minimum Gasteiger partial charge on any atom is -0.394 e. The van der Waals surface area contributed by atoms with E-state index in [1.807, 2.05) is 0 Å². The Balaban J connectivity index is 1.25. The molecule has 0 amide bonds. The number of benzene rings is 2. The first kappa shape index (κ1) is 31.6. The fourth-order valence-corrected chi connectivity index (χ4v) is 6.84. The number of aromatic nitrogens is 6. The normalized spacial score (nSPS) is 32.1. The summed E-state index contributed by atoms with van der Waals surface area (Å²) >= 11 is 0.796. The third-order valence-corrected chi connectivity index (χ3v) is 9.15. The standard InChI is InChI=1S/C28H30F2N6O8S/c29-15-5-1-3-13(7-15)17-9-35(33-31-17)21-23(39)19(11-37)43-27(25(21)41)45-28-26(42)22(24(40)20(12-38)44-28)36-10-18(32-34-36)14-4-2-6-16(30)8-14/h1-10,19-28,37-42H,11-12H2/t19-,20-,21+,22+,23+,24+,25-,26-,27+,28+/m1/s1. The monoisotopic (exact) mass is 648 g/mol. The van der Waals surface area contributed by atoms with Gasteiger partial charge in [0.1, 0.15) is 82.6 Å². The van der Waals surface area contributed by atoms with E-state index in [0.717, 1.165) is 11.8 Å². The molecule has 4 aromatic rings. The maximum atomic E-state index is 13.8. The van der Waals surface area contributed by atoms with E-state index in [1.54, 1.807) is 12.1 Å². The lowest BCUT2D eigenvalue weighted by atomic mass is 9.97. The zero-order valence-corrected chi connectivity index (χ0v) is 24.1. The molecule has 0 spiro atoms. The summed E-state index contributed by atoms with van der Waals surface area (Å²) in [6, 6.07) is 8.88. The number of aliphatic hydroxyl groups excluding tert-OH is 6. The van der Waals surface area contributed by atoms with Crippen LogP contribution in [0.15, 0.2) is 60.9 Å². The van der Waals surface area contributed by atoms with Crippen LogP contribution in [0.2, 0.25) is 0 Å². The van der Waals surface area contributed by atoms with Crippen molar-refractivity contribution < 1.29 is 48.9 Å². The third kappa shape index (κ3) is 6.23. The minimum atomic E-state index is -1.51. The van der Waals surface area contributed by atoms with Crippen LogP contribution in [0.25, 0.3) is 22.5 Å². The summed E-state index contributed by atoms with van der Waals surface area (Å²) in [6.45, 7) is -1.27. The number of aliphatic hydroxyl groups is 6. The van der Waals surface area contributed by atoms with E-state index in [4.69, 9.17) is 9.47 Å². The maximum Gasteiger partial charge on any atom is 0.134 e. The van der Waals surface area contributed by atoms with Crippen LogP contribution >= 0.6 is 11.8 Å². The largest absolute Gasteiger partial charge is 0.394 e. The van der Waals surface area contributed by atoms with Crippen LogP contribution in [-0.4, -0.2) is 121 Å². The smallest absolute Gasteiger partial charge is 0.134 e. The van der Waals surface area contributed by atoms with Gasteiger partial charge in [-0.25, -0.2) is 18.1 Å². The molecule has 2 fully saturated rings. The van der Waals surface area contributed by atoms with Gasteiger partial charge in [-0.1, -0.05) is 46.5 Å². The molecule has 6 rings (SSSR count). The summed E-state index contributed by atoms with van der Waals surface area (Å²) in [5.41, 5.74) is -1.10. The van der Waals surface area contributed by atoms with Crippen LogP contribution < -0.4 is 0 Å². The van der Waals surface area contributed by atoms with E-state index in [2.05, 4.69) is 20.6 Å². The van der Waals surface area contributed by atoms with Crippen LogP contribution in [-0.2, 0) is 9.47 Å². The van der Waals surface area contributed by atoms with Gasteiger partial charge < -0.3 is 40.1 Å². The first-order chi connectivity index (χ1) is 21.7. The van der Waals surface area contributed by atoms with Gasteiger partial charge in [0, 0.05) is 11.1 Å². The molecule has 2 saturated heterocycles. The van der Waals surface area contributed by atoms with Crippen LogP contribution in [0.4, 0.5) is 8.78 Å². The second-order valence-corrected chi connectivity index (χ2v) is 11.9. The molecule has 45 heavy (non-hydrogen) atoms. The third-order valence-electron chi connectivity index (χ3n) is 7.84. The number of hydrogen-bond acceptors (Lipinski definition) is 13. The van der Waals surface area contributed by atoms with E-state index in [-0.39, 0.29) is 11.4 Å². The molecule has 2 aliphatic heterocycles. The molecule has 4 heterocycles. The molecule has 10 atom stereocenters. The van der Waals surface area contributed by atoms with Gasteiger partial charge in [-0.15, -0.1) is 10.2 Å². The average molecular weight is 649 g/mol. The van der Waals surface area contributed by atoms with Gasteiger partial charge in [-0.2, -0.15) is 0 Å². The molecule has 2 aromatic heterocycles. The van der Waals surface area contributed by atoms with E-state index in [9.17, 15) is 39.4 Å². The van der Waals surface area contributed by atoms with E-state index in [1.165, 1.54) is 58.2 Å². The second-order valence-electron chi connectivity index (χ2n) is 10.7. The van der Waals surface area contributed by atoms with Gasteiger partial charge in [0.15, 0.2) is 0 Å². The summed E-state index contributed by atoms with van der Waals surface area (Å²) in [5.74, 6) is -0.978. The van der Waals surface area contributed by atoms with Crippen molar-refractivity contribution in [1.29, 1.82) is 0 Å². The summed E-state index contributed by atoms with van der Waals surface area (Å²) in [5, 5.41) is 80.8. The Morgan fingerprint density at radius 1 is 0.667 bits per heavy atom. The first-order valence-corrected chi connectivity index (χ1v) is 14.9. The SMILES string of the molecule is OC[C@H]1O[C@@H](S[C@@H]2O[C@H](CO)[C@H](O)[C@H](n3cc(-c4cccc(F)c4)nn3)[C@H]2O)[C@H](O)[C@@H](n2cc(-c3cccc(F)c3)nn2)[C@H]1O.